The van der Waals surface area contributed by atoms with Crippen LogP contribution in [0.2, 0.25) is 0 Å². The number of carbonyl (C=O) groups is 1. The first-order valence-corrected chi connectivity index (χ1v) is 10.3. The van der Waals surface area contributed by atoms with Crippen molar-refractivity contribution >= 4 is 11.6 Å². The fourth-order valence-electron chi connectivity index (χ4n) is 4.02. The van der Waals surface area contributed by atoms with Crippen molar-refractivity contribution in [2.24, 2.45) is 10.9 Å². The lowest BCUT2D eigenvalue weighted by Gasteiger charge is -2.17. The minimum absolute atomic E-state index is 0.0740. The van der Waals surface area contributed by atoms with Crippen molar-refractivity contribution in [3.63, 3.8) is 0 Å². The number of aliphatic imine (C=N–C) groups is 1. The van der Waals surface area contributed by atoms with Gasteiger partial charge in [0, 0.05) is 19.2 Å². The van der Waals surface area contributed by atoms with E-state index in [2.05, 4.69) is 15.0 Å². The zero-order chi connectivity index (χ0) is 24.5. The minimum Gasteiger partial charge on any atom is -0.406 e. The summed E-state index contributed by atoms with van der Waals surface area (Å²) in [5.41, 5.74) is 1.99. The Hall–Kier alpha value is -3.75. The summed E-state index contributed by atoms with van der Waals surface area (Å²) in [5.74, 6) is -2.77. The topological polar surface area (TPSA) is 50.7 Å². The molecule has 3 aromatic carbocycles. The molecule has 1 N–H and O–H groups in total. The van der Waals surface area contributed by atoms with E-state index in [9.17, 15) is 26.7 Å². The molecule has 0 bridgehead atoms. The van der Waals surface area contributed by atoms with E-state index >= 15 is 0 Å². The summed E-state index contributed by atoms with van der Waals surface area (Å²) in [6.07, 6.45) is -4.69. The number of amides is 1. The second-order valence-corrected chi connectivity index (χ2v) is 7.74. The Bertz CT molecular complexity index is 1200. The van der Waals surface area contributed by atoms with Gasteiger partial charge in [-0.25, -0.2) is 8.78 Å². The maximum Gasteiger partial charge on any atom is 0.573 e. The van der Waals surface area contributed by atoms with E-state index < -0.39 is 30.0 Å². The highest BCUT2D eigenvalue weighted by atomic mass is 19.4. The SMILES string of the molecule is CNC(=O)[C@H]1CC(c2c(F)cccc2F)=N[C@H]1c1ccc(-c2ccc(OC(F)(F)F)cc2)cc1. The summed E-state index contributed by atoms with van der Waals surface area (Å²) in [7, 11) is 1.48. The van der Waals surface area contributed by atoms with Crippen LogP contribution in [0.3, 0.4) is 0 Å². The van der Waals surface area contributed by atoms with Crippen LogP contribution < -0.4 is 10.1 Å². The van der Waals surface area contributed by atoms with Gasteiger partial charge in [-0.1, -0.05) is 42.5 Å². The largest absolute Gasteiger partial charge is 0.573 e. The zero-order valence-electron chi connectivity index (χ0n) is 17.9. The van der Waals surface area contributed by atoms with Gasteiger partial charge in [-0.2, -0.15) is 0 Å². The molecule has 4 rings (SSSR count). The van der Waals surface area contributed by atoms with Gasteiger partial charge >= 0.3 is 6.36 Å². The van der Waals surface area contributed by atoms with Crippen molar-refractivity contribution in [3.05, 3.63) is 89.5 Å². The number of alkyl halides is 3. The molecule has 0 saturated carbocycles. The summed E-state index contributed by atoms with van der Waals surface area (Å²) in [4.78, 5) is 17.0. The Balaban J connectivity index is 1.62. The van der Waals surface area contributed by atoms with Gasteiger partial charge in [0.2, 0.25) is 5.91 Å². The van der Waals surface area contributed by atoms with Crippen LogP contribution in [0.25, 0.3) is 11.1 Å². The number of nitrogens with one attached hydrogen (secondary N) is 1. The molecule has 0 spiro atoms. The van der Waals surface area contributed by atoms with Crippen molar-refractivity contribution in [3.8, 4) is 16.9 Å². The fraction of sp³-hybridized carbons (Fsp3) is 0.200. The van der Waals surface area contributed by atoms with Crippen LogP contribution >= 0.6 is 0 Å². The van der Waals surface area contributed by atoms with E-state index in [-0.39, 0.29) is 29.4 Å². The number of hydrogen-bond donors (Lipinski definition) is 1. The van der Waals surface area contributed by atoms with Gasteiger partial charge in [0.05, 0.1) is 17.5 Å². The van der Waals surface area contributed by atoms with E-state index in [1.807, 2.05) is 0 Å². The second-order valence-electron chi connectivity index (χ2n) is 7.74. The number of rotatable bonds is 5. The number of ether oxygens (including phenoxy) is 1. The predicted molar refractivity (Wildman–Crippen MR) is 116 cm³/mol. The zero-order valence-corrected chi connectivity index (χ0v) is 17.9. The summed E-state index contributed by atoms with van der Waals surface area (Å²) < 4.78 is 69.5. The van der Waals surface area contributed by atoms with E-state index in [1.165, 1.54) is 37.4 Å². The van der Waals surface area contributed by atoms with Crippen molar-refractivity contribution in [1.29, 1.82) is 0 Å². The van der Waals surface area contributed by atoms with Gasteiger partial charge in [0.15, 0.2) is 0 Å². The molecule has 3 aromatic rings. The van der Waals surface area contributed by atoms with Gasteiger partial charge in [-0.05, 0) is 41.0 Å². The molecule has 0 aromatic heterocycles. The molecule has 1 amide bonds. The Morgan fingerprint density at radius 1 is 0.941 bits per heavy atom. The molecule has 0 radical (unpaired) electrons. The number of halogens is 5. The molecule has 34 heavy (non-hydrogen) atoms. The molecule has 1 aliphatic heterocycles. The van der Waals surface area contributed by atoms with Crippen LogP contribution in [0.5, 0.6) is 5.75 Å². The first-order valence-electron chi connectivity index (χ1n) is 10.3. The summed E-state index contributed by atoms with van der Waals surface area (Å²) >= 11 is 0. The Kier molecular flexibility index (Phi) is 6.37. The van der Waals surface area contributed by atoms with Crippen LogP contribution in [0.15, 0.2) is 71.7 Å². The third kappa shape index (κ3) is 4.93. The molecule has 176 valence electrons. The number of carbonyl (C=O) groups excluding carboxylic acids is 1. The highest BCUT2D eigenvalue weighted by molar-refractivity contribution is 6.05. The van der Waals surface area contributed by atoms with Gasteiger partial charge in [-0.3, -0.25) is 9.79 Å². The maximum absolute atomic E-state index is 14.3. The summed E-state index contributed by atoms with van der Waals surface area (Å²) in [6.45, 7) is 0. The van der Waals surface area contributed by atoms with Crippen LogP contribution in [-0.2, 0) is 4.79 Å². The molecule has 1 heterocycles. The lowest BCUT2D eigenvalue weighted by molar-refractivity contribution is -0.274. The molecule has 2 atom stereocenters. The second kappa shape index (κ2) is 9.24. The normalized spacial score (nSPS) is 17.9. The van der Waals surface area contributed by atoms with Crippen molar-refractivity contribution in [2.75, 3.05) is 7.05 Å². The molecule has 0 saturated heterocycles. The molecular formula is C25H19F5N2O2. The third-order valence-corrected chi connectivity index (χ3v) is 5.60. The monoisotopic (exact) mass is 474 g/mol. The average Bonchev–Trinajstić information content (AvgIpc) is 3.23. The van der Waals surface area contributed by atoms with E-state index in [1.54, 1.807) is 24.3 Å². The maximum atomic E-state index is 14.3. The lowest BCUT2D eigenvalue weighted by Crippen LogP contribution is -2.29. The van der Waals surface area contributed by atoms with E-state index in [0.29, 0.717) is 11.1 Å². The highest BCUT2D eigenvalue weighted by Gasteiger charge is 2.37. The number of nitrogens with zero attached hydrogens (tertiary/aromatic N) is 1. The van der Waals surface area contributed by atoms with Gasteiger partial charge in [0.25, 0.3) is 0 Å². The first-order chi connectivity index (χ1) is 16.2. The fourth-order valence-corrected chi connectivity index (χ4v) is 4.02. The quantitative estimate of drug-likeness (QED) is 0.474. The van der Waals surface area contributed by atoms with Crippen molar-refractivity contribution in [2.45, 2.75) is 18.8 Å². The molecule has 1 aliphatic rings. The summed E-state index contributed by atoms with van der Waals surface area (Å²) in [6, 6.07) is 15.3. The molecule has 0 aliphatic carbocycles. The molecule has 4 nitrogen and oxygen atoms in total. The first kappa shape index (κ1) is 23.4. The van der Waals surface area contributed by atoms with Crippen molar-refractivity contribution in [1.82, 2.24) is 5.32 Å². The van der Waals surface area contributed by atoms with Crippen molar-refractivity contribution < 1.29 is 31.5 Å². The van der Waals surface area contributed by atoms with Crippen LogP contribution in [0, 0.1) is 17.6 Å². The third-order valence-electron chi connectivity index (χ3n) is 5.60. The molecule has 9 heteroatoms. The molecular weight excluding hydrogens is 455 g/mol. The standard InChI is InChI=1S/C25H19F5N2O2/c1-31-24(33)18-13-21(22-19(26)3-2-4-20(22)27)32-23(18)16-7-5-14(6-8-16)15-9-11-17(12-10-15)34-25(28,29)30/h2-12,18,23H,13H2,1H3,(H,31,33)/t18-,23-/m0/s1. The number of hydrogen-bond acceptors (Lipinski definition) is 3. The smallest absolute Gasteiger partial charge is 0.406 e. The summed E-state index contributed by atoms with van der Waals surface area (Å²) in [5, 5.41) is 2.57. The van der Waals surface area contributed by atoms with E-state index in [0.717, 1.165) is 17.7 Å². The van der Waals surface area contributed by atoms with Crippen LogP contribution in [0.1, 0.15) is 23.6 Å². The number of benzene rings is 3. The highest BCUT2D eigenvalue weighted by Crippen LogP contribution is 2.38. The van der Waals surface area contributed by atoms with Crippen LogP contribution in [-0.4, -0.2) is 25.0 Å². The predicted octanol–water partition coefficient (Wildman–Crippen LogP) is 5.83. The van der Waals surface area contributed by atoms with Gasteiger partial charge < -0.3 is 10.1 Å². The lowest BCUT2D eigenvalue weighted by atomic mass is 9.90. The molecule has 0 fully saturated rings. The average molecular weight is 474 g/mol. The Morgan fingerprint density at radius 3 is 2.03 bits per heavy atom. The molecule has 0 unspecified atom stereocenters. The van der Waals surface area contributed by atoms with Crippen LogP contribution in [0.4, 0.5) is 22.0 Å². The van der Waals surface area contributed by atoms with Gasteiger partial charge in [0.1, 0.15) is 17.4 Å². The Morgan fingerprint density at radius 2 is 1.50 bits per heavy atom. The van der Waals surface area contributed by atoms with E-state index in [4.69, 9.17) is 0 Å². The minimum atomic E-state index is -4.77. The van der Waals surface area contributed by atoms with Gasteiger partial charge in [-0.15, -0.1) is 13.2 Å². The Labute approximate surface area is 192 Å².